The van der Waals surface area contributed by atoms with Gasteiger partial charge >= 0.3 is 0 Å². The van der Waals surface area contributed by atoms with Crippen LogP contribution >= 0.6 is 15.9 Å². The van der Waals surface area contributed by atoms with Crippen molar-refractivity contribution >= 4 is 21.7 Å². The minimum absolute atomic E-state index is 0.0601. The molecule has 0 spiro atoms. The lowest BCUT2D eigenvalue weighted by Gasteiger charge is -2.07. The van der Waals surface area contributed by atoms with E-state index in [1.54, 1.807) is 30.3 Å². The molecule has 3 heteroatoms. The SMILES string of the molecule is C=C/C=C\C(=C)COc1ccc(C(=O)C(C)Br)cc1. The highest BCUT2D eigenvalue weighted by Gasteiger charge is 2.11. The third kappa shape index (κ3) is 5.26. The molecule has 1 rings (SSSR count). The van der Waals surface area contributed by atoms with Crippen LogP contribution in [0.15, 0.2) is 61.2 Å². The Balaban J connectivity index is 2.58. The van der Waals surface area contributed by atoms with E-state index in [1.165, 1.54) is 0 Å². The van der Waals surface area contributed by atoms with Crippen molar-refractivity contribution in [2.45, 2.75) is 11.8 Å². The number of hydrogen-bond donors (Lipinski definition) is 0. The van der Waals surface area contributed by atoms with E-state index in [0.717, 1.165) is 5.57 Å². The van der Waals surface area contributed by atoms with Crippen molar-refractivity contribution in [1.82, 2.24) is 0 Å². The number of rotatable bonds is 7. The summed E-state index contributed by atoms with van der Waals surface area (Å²) >= 11 is 3.26. The summed E-state index contributed by atoms with van der Waals surface area (Å²) in [6.07, 6.45) is 5.34. The number of ether oxygens (including phenoxy) is 1. The normalized spacial score (nSPS) is 12.1. The predicted octanol–water partition coefficient (Wildman–Crippen LogP) is 4.33. The maximum absolute atomic E-state index is 11.7. The van der Waals surface area contributed by atoms with E-state index < -0.39 is 0 Å². The molecule has 1 unspecified atom stereocenters. The Morgan fingerprint density at radius 2 is 2.05 bits per heavy atom. The van der Waals surface area contributed by atoms with Gasteiger partial charge in [-0.3, -0.25) is 4.79 Å². The van der Waals surface area contributed by atoms with Gasteiger partial charge in [-0.15, -0.1) is 0 Å². The zero-order valence-electron chi connectivity index (χ0n) is 10.9. The molecule has 1 atom stereocenters. The minimum atomic E-state index is -0.178. The second kappa shape index (κ2) is 7.74. The minimum Gasteiger partial charge on any atom is -0.489 e. The lowest BCUT2D eigenvalue weighted by Crippen LogP contribution is -2.09. The van der Waals surface area contributed by atoms with E-state index in [-0.39, 0.29) is 10.6 Å². The molecule has 0 N–H and O–H groups in total. The third-order valence-electron chi connectivity index (χ3n) is 2.39. The van der Waals surface area contributed by atoms with Crippen LogP contribution in [0.3, 0.4) is 0 Å². The summed E-state index contributed by atoms with van der Waals surface area (Å²) in [5, 5.41) is 0. The Hall–Kier alpha value is -1.61. The van der Waals surface area contributed by atoms with Gasteiger partial charge in [-0.05, 0) is 36.8 Å². The maximum atomic E-state index is 11.7. The van der Waals surface area contributed by atoms with Gasteiger partial charge in [0.2, 0.25) is 0 Å². The van der Waals surface area contributed by atoms with Gasteiger partial charge < -0.3 is 4.74 Å². The van der Waals surface area contributed by atoms with Gasteiger partial charge in [0.1, 0.15) is 12.4 Å². The zero-order chi connectivity index (χ0) is 14.3. The quantitative estimate of drug-likeness (QED) is 0.424. The molecule has 1 aromatic carbocycles. The molecule has 0 heterocycles. The number of Topliss-reactive ketones (excluding diaryl/α,β-unsaturated/α-hetero) is 1. The van der Waals surface area contributed by atoms with Gasteiger partial charge in [0.05, 0.1) is 4.83 Å². The first-order valence-electron chi connectivity index (χ1n) is 5.92. The lowest BCUT2D eigenvalue weighted by atomic mass is 10.1. The summed E-state index contributed by atoms with van der Waals surface area (Å²) in [6.45, 7) is 9.66. The molecule has 100 valence electrons. The van der Waals surface area contributed by atoms with Crippen LogP contribution < -0.4 is 4.74 Å². The van der Waals surface area contributed by atoms with E-state index in [4.69, 9.17) is 4.74 Å². The molecule has 2 nitrogen and oxygen atoms in total. The average molecular weight is 321 g/mol. The molecule has 0 radical (unpaired) electrons. The largest absolute Gasteiger partial charge is 0.489 e. The molecular formula is C16H17BrO2. The van der Waals surface area contributed by atoms with Crippen LogP contribution in [-0.4, -0.2) is 17.2 Å². The number of carbonyl (C=O) groups excluding carboxylic acids is 1. The van der Waals surface area contributed by atoms with Gasteiger partial charge in [-0.2, -0.15) is 0 Å². The van der Waals surface area contributed by atoms with E-state index in [2.05, 4.69) is 29.1 Å². The van der Waals surface area contributed by atoms with E-state index >= 15 is 0 Å². The highest BCUT2D eigenvalue weighted by Crippen LogP contribution is 2.16. The third-order valence-corrected chi connectivity index (χ3v) is 2.81. The zero-order valence-corrected chi connectivity index (χ0v) is 12.5. The van der Waals surface area contributed by atoms with Gasteiger partial charge in [0, 0.05) is 5.56 Å². The molecule has 0 fully saturated rings. The van der Waals surface area contributed by atoms with E-state index in [1.807, 2.05) is 19.1 Å². The van der Waals surface area contributed by atoms with Gasteiger partial charge in [0.15, 0.2) is 5.78 Å². The van der Waals surface area contributed by atoms with Crippen molar-refractivity contribution in [2.75, 3.05) is 6.61 Å². The number of carbonyl (C=O) groups is 1. The first-order chi connectivity index (χ1) is 9.04. The van der Waals surface area contributed by atoms with Crippen LogP contribution in [0.25, 0.3) is 0 Å². The molecule has 0 aliphatic heterocycles. The average Bonchev–Trinajstić information content (AvgIpc) is 2.42. The summed E-state index contributed by atoms with van der Waals surface area (Å²) in [5.41, 5.74) is 1.52. The number of ketones is 1. The molecule has 19 heavy (non-hydrogen) atoms. The lowest BCUT2D eigenvalue weighted by molar-refractivity contribution is 0.0996. The number of halogens is 1. The highest BCUT2D eigenvalue weighted by atomic mass is 79.9. The van der Waals surface area contributed by atoms with Crippen molar-refractivity contribution in [3.63, 3.8) is 0 Å². The Bertz CT molecular complexity index is 484. The first-order valence-corrected chi connectivity index (χ1v) is 6.84. The summed E-state index contributed by atoms with van der Waals surface area (Å²) in [7, 11) is 0. The van der Waals surface area contributed by atoms with Crippen LogP contribution in [-0.2, 0) is 0 Å². The van der Waals surface area contributed by atoms with Crippen LogP contribution in [0.4, 0.5) is 0 Å². The molecule has 0 aliphatic rings. The number of alkyl halides is 1. The molecule has 0 bridgehead atoms. The fourth-order valence-electron chi connectivity index (χ4n) is 1.37. The summed E-state index contributed by atoms with van der Waals surface area (Å²) in [6, 6.07) is 7.09. The summed E-state index contributed by atoms with van der Waals surface area (Å²) in [5.74, 6) is 0.775. The number of benzene rings is 1. The van der Waals surface area contributed by atoms with Gasteiger partial charge in [-0.1, -0.05) is 47.3 Å². The van der Waals surface area contributed by atoms with Gasteiger partial charge in [-0.25, -0.2) is 0 Å². The second-order valence-electron chi connectivity index (χ2n) is 4.05. The predicted molar refractivity (Wildman–Crippen MR) is 83.1 cm³/mol. The fraction of sp³-hybridized carbons (Fsp3) is 0.188. The van der Waals surface area contributed by atoms with Crippen molar-refractivity contribution < 1.29 is 9.53 Å². The molecular weight excluding hydrogens is 304 g/mol. The van der Waals surface area contributed by atoms with E-state index in [0.29, 0.717) is 17.9 Å². The Labute approximate surface area is 122 Å². The summed E-state index contributed by atoms with van der Waals surface area (Å²) < 4.78 is 5.55. The van der Waals surface area contributed by atoms with Crippen LogP contribution in [0, 0.1) is 0 Å². The first kappa shape index (κ1) is 15.4. The molecule has 0 amide bonds. The smallest absolute Gasteiger partial charge is 0.176 e. The molecule has 0 aliphatic carbocycles. The Kier molecular flexibility index (Phi) is 6.30. The monoisotopic (exact) mass is 320 g/mol. The second-order valence-corrected chi connectivity index (χ2v) is 5.42. The van der Waals surface area contributed by atoms with E-state index in [9.17, 15) is 4.79 Å². The van der Waals surface area contributed by atoms with Crippen LogP contribution in [0.1, 0.15) is 17.3 Å². The molecule has 0 aromatic heterocycles. The topological polar surface area (TPSA) is 26.3 Å². The highest BCUT2D eigenvalue weighted by molar-refractivity contribution is 9.10. The van der Waals surface area contributed by atoms with Crippen LogP contribution in [0.2, 0.25) is 0 Å². The van der Waals surface area contributed by atoms with Crippen molar-refractivity contribution in [2.24, 2.45) is 0 Å². The Morgan fingerprint density at radius 1 is 1.42 bits per heavy atom. The van der Waals surface area contributed by atoms with Crippen LogP contribution in [0.5, 0.6) is 5.75 Å². The Morgan fingerprint density at radius 3 is 2.58 bits per heavy atom. The summed E-state index contributed by atoms with van der Waals surface area (Å²) in [4.78, 5) is 11.5. The standard InChI is InChI=1S/C16H17BrO2/c1-4-5-6-12(2)11-19-15-9-7-14(8-10-15)16(18)13(3)17/h4-10,13H,1-2,11H2,3H3/b6-5-. The van der Waals surface area contributed by atoms with Crippen molar-refractivity contribution in [3.05, 3.63) is 66.8 Å². The molecule has 0 saturated heterocycles. The molecule has 0 saturated carbocycles. The van der Waals surface area contributed by atoms with Crippen molar-refractivity contribution in [3.8, 4) is 5.75 Å². The number of hydrogen-bond acceptors (Lipinski definition) is 2. The van der Waals surface area contributed by atoms with Crippen molar-refractivity contribution in [1.29, 1.82) is 0 Å². The fourth-order valence-corrected chi connectivity index (χ4v) is 1.64. The maximum Gasteiger partial charge on any atom is 0.176 e. The number of allylic oxidation sites excluding steroid dienone is 2. The van der Waals surface area contributed by atoms with Gasteiger partial charge in [0.25, 0.3) is 0 Å². The molecule has 1 aromatic rings.